The fourth-order valence-corrected chi connectivity index (χ4v) is 2.08. The minimum Gasteiger partial charge on any atom is -0.370 e. The Kier molecular flexibility index (Phi) is 6.23. The lowest BCUT2D eigenvalue weighted by molar-refractivity contribution is -0.119. The molecule has 120 valence electrons. The van der Waals surface area contributed by atoms with Crippen molar-refractivity contribution in [2.75, 3.05) is 29.9 Å². The number of anilines is 2. The zero-order chi connectivity index (χ0) is 16.0. The summed E-state index contributed by atoms with van der Waals surface area (Å²) in [6, 6.07) is 0. The molecule has 0 unspecified atom stereocenters. The zero-order valence-corrected chi connectivity index (χ0v) is 13.0. The number of nitrogens with one attached hydrogen (secondary N) is 1. The second-order valence-corrected chi connectivity index (χ2v) is 5.03. The van der Waals surface area contributed by atoms with Gasteiger partial charge in [0.2, 0.25) is 0 Å². The van der Waals surface area contributed by atoms with E-state index in [1.807, 2.05) is 13.8 Å². The number of halogens is 3. The van der Waals surface area contributed by atoms with Gasteiger partial charge in [-0.25, -0.2) is 9.97 Å². The summed E-state index contributed by atoms with van der Waals surface area (Å²) in [4.78, 5) is 9.78. The van der Waals surface area contributed by atoms with Crippen LogP contribution in [0.25, 0.3) is 0 Å². The lowest BCUT2D eigenvalue weighted by Crippen LogP contribution is -2.36. The SMILES string of the molecule is CCCNc1nc(C)nc(N(CCC)CC(F)(F)F)c1C. The molecule has 0 aliphatic rings. The molecule has 0 radical (unpaired) electrons. The van der Waals surface area contributed by atoms with E-state index in [1.165, 1.54) is 4.90 Å². The van der Waals surface area contributed by atoms with Gasteiger partial charge in [0.05, 0.1) is 0 Å². The molecule has 0 aromatic carbocycles. The Hall–Kier alpha value is -1.53. The highest BCUT2D eigenvalue weighted by Gasteiger charge is 2.32. The Balaban J connectivity index is 3.14. The number of alkyl halides is 3. The molecule has 0 saturated carbocycles. The van der Waals surface area contributed by atoms with E-state index in [2.05, 4.69) is 15.3 Å². The van der Waals surface area contributed by atoms with Gasteiger partial charge in [0.1, 0.15) is 24.0 Å². The van der Waals surface area contributed by atoms with Crippen molar-refractivity contribution in [3.05, 3.63) is 11.4 Å². The van der Waals surface area contributed by atoms with Crippen molar-refractivity contribution in [2.24, 2.45) is 0 Å². The minimum atomic E-state index is -4.25. The third kappa shape index (κ3) is 5.40. The molecule has 4 nitrogen and oxygen atoms in total. The van der Waals surface area contributed by atoms with Gasteiger partial charge in [0.15, 0.2) is 0 Å². The first-order valence-electron chi connectivity index (χ1n) is 7.19. The molecule has 1 N–H and O–H groups in total. The van der Waals surface area contributed by atoms with Crippen LogP contribution in [0.4, 0.5) is 24.8 Å². The average Bonchev–Trinajstić information content (AvgIpc) is 2.37. The molecule has 0 spiro atoms. The largest absolute Gasteiger partial charge is 0.405 e. The molecule has 1 heterocycles. The first-order chi connectivity index (χ1) is 9.78. The highest BCUT2D eigenvalue weighted by Crippen LogP contribution is 2.27. The van der Waals surface area contributed by atoms with Crippen LogP contribution >= 0.6 is 0 Å². The van der Waals surface area contributed by atoms with Gasteiger partial charge in [-0.3, -0.25) is 0 Å². The van der Waals surface area contributed by atoms with E-state index in [0.717, 1.165) is 13.0 Å². The standard InChI is InChI=1S/C14H23F3N4/c1-5-7-18-12-10(3)13(20-11(4)19-12)21(8-6-2)9-14(15,16)17/h5-9H2,1-4H3,(H,18,19,20). The second-order valence-electron chi connectivity index (χ2n) is 5.03. The maximum atomic E-state index is 12.7. The van der Waals surface area contributed by atoms with E-state index in [0.29, 0.717) is 36.0 Å². The number of nitrogens with zero attached hydrogens (tertiary/aromatic N) is 3. The maximum absolute atomic E-state index is 12.7. The normalized spacial score (nSPS) is 11.6. The second kappa shape index (κ2) is 7.47. The third-order valence-electron chi connectivity index (χ3n) is 2.94. The van der Waals surface area contributed by atoms with Crippen molar-refractivity contribution < 1.29 is 13.2 Å². The zero-order valence-electron chi connectivity index (χ0n) is 13.0. The fraction of sp³-hybridized carbons (Fsp3) is 0.714. The smallest absolute Gasteiger partial charge is 0.370 e. The van der Waals surface area contributed by atoms with E-state index in [9.17, 15) is 13.2 Å². The highest BCUT2D eigenvalue weighted by molar-refractivity contribution is 5.58. The van der Waals surface area contributed by atoms with Gasteiger partial charge in [-0.05, 0) is 26.7 Å². The predicted octanol–water partition coefficient (Wildman–Crippen LogP) is 3.69. The Morgan fingerprint density at radius 3 is 2.29 bits per heavy atom. The predicted molar refractivity (Wildman–Crippen MR) is 78.8 cm³/mol. The molecule has 21 heavy (non-hydrogen) atoms. The molecule has 0 saturated heterocycles. The quantitative estimate of drug-likeness (QED) is 0.834. The van der Waals surface area contributed by atoms with E-state index in [-0.39, 0.29) is 0 Å². The summed E-state index contributed by atoms with van der Waals surface area (Å²) in [5, 5.41) is 3.14. The number of rotatable bonds is 7. The Morgan fingerprint density at radius 1 is 1.10 bits per heavy atom. The van der Waals surface area contributed by atoms with Crippen LogP contribution < -0.4 is 10.2 Å². The molecule has 0 amide bonds. The monoisotopic (exact) mass is 304 g/mol. The van der Waals surface area contributed by atoms with Crippen LogP contribution in [-0.4, -0.2) is 35.8 Å². The highest BCUT2D eigenvalue weighted by atomic mass is 19.4. The van der Waals surface area contributed by atoms with Crippen molar-refractivity contribution >= 4 is 11.6 Å². The van der Waals surface area contributed by atoms with Gasteiger partial charge in [0.25, 0.3) is 0 Å². The number of hydrogen-bond acceptors (Lipinski definition) is 4. The molecule has 7 heteroatoms. The van der Waals surface area contributed by atoms with Gasteiger partial charge in [-0.1, -0.05) is 13.8 Å². The van der Waals surface area contributed by atoms with E-state index in [1.54, 1.807) is 13.8 Å². The van der Waals surface area contributed by atoms with Gasteiger partial charge in [-0.15, -0.1) is 0 Å². The summed E-state index contributed by atoms with van der Waals surface area (Å²) in [5.74, 6) is 1.44. The van der Waals surface area contributed by atoms with Crippen LogP contribution in [0.5, 0.6) is 0 Å². The van der Waals surface area contributed by atoms with Crippen LogP contribution in [0.3, 0.4) is 0 Å². The molecule has 0 bridgehead atoms. The summed E-state index contributed by atoms with van der Waals surface area (Å²) in [5.41, 5.74) is 0.659. The van der Waals surface area contributed by atoms with Gasteiger partial charge < -0.3 is 10.2 Å². The summed E-state index contributed by atoms with van der Waals surface area (Å²) >= 11 is 0. The van der Waals surface area contributed by atoms with Crippen LogP contribution in [0.15, 0.2) is 0 Å². The van der Waals surface area contributed by atoms with E-state index in [4.69, 9.17) is 0 Å². The number of aryl methyl sites for hydroxylation is 1. The van der Waals surface area contributed by atoms with Crippen molar-refractivity contribution in [3.8, 4) is 0 Å². The van der Waals surface area contributed by atoms with Gasteiger partial charge >= 0.3 is 6.18 Å². The molecule has 1 rings (SSSR count). The average molecular weight is 304 g/mol. The molecule has 1 aromatic heterocycles. The van der Waals surface area contributed by atoms with Crippen molar-refractivity contribution in [2.45, 2.75) is 46.7 Å². The number of hydrogen-bond donors (Lipinski definition) is 1. The lowest BCUT2D eigenvalue weighted by atomic mass is 10.2. The van der Waals surface area contributed by atoms with Crippen LogP contribution in [-0.2, 0) is 0 Å². The molecule has 1 aromatic rings. The molecule has 0 atom stereocenters. The van der Waals surface area contributed by atoms with Gasteiger partial charge in [0, 0.05) is 18.7 Å². The Bertz CT molecular complexity index is 460. The van der Waals surface area contributed by atoms with Crippen LogP contribution in [0.1, 0.15) is 38.1 Å². The maximum Gasteiger partial charge on any atom is 0.405 e. The van der Waals surface area contributed by atoms with E-state index >= 15 is 0 Å². The first kappa shape index (κ1) is 17.5. The molecular formula is C14H23F3N4. The van der Waals surface area contributed by atoms with Crippen LogP contribution in [0.2, 0.25) is 0 Å². The molecule has 0 aliphatic carbocycles. The van der Waals surface area contributed by atoms with Crippen LogP contribution in [0, 0.1) is 13.8 Å². The van der Waals surface area contributed by atoms with Gasteiger partial charge in [-0.2, -0.15) is 13.2 Å². The molecule has 0 aliphatic heterocycles. The number of aromatic nitrogens is 2. The Morgan fingerprint density at radius 2 is 1.76 bits per heavy atom. The minimum absolute atomic E-state index is 0.310. The fourth-order valence-electron chi connectivity index (χ4n) is 2.08. The first-order valence-corrected chi connectivity index (χ1v) is 7.19. The summed E-state index contributed by atoms with van der Waals surface area (Å²) in [6.07, 6.45) is -2.72. The summed E-state index contributed by atoms with van der Waals surface area (Å²) in [7, 11) is 0. The van der Waals surface area contributed by atoms with E-state index < -0.39 is 12.7 Å². The Labute approximate surface area is 123 Å². The molecular weight excluding hydrogens is 281 g/mol. The van der Waals surface area contributed by atoms with Crippen molar-refractivity contribution in [1.82, 2.24) is 9.97 Å². The van der Waals surface area contributed by atoms with Crippen molar-refractivity contribution in [3.63, 3.8) is 0 Å². The summed E-state index contributed by atoms with van der Waals surface area (Å²) in [6.45, 7) is 7.36. The topological polar surface area (TPSA) is 41.1 Å². The summed E-state index contributed by atoms with van der Waals surface area (Å²) < 4.78 is 38.2. The molecule has 0 fully saturated rings. The third-order valence-corrected chi connectivity index (χ3v) is 2.94. The van der Waals surface area contributed by atoms with Crippen molar-refractivity contribution in [1.29, 1.82) is 0 Å². The lowest BCUT2D eigenvalue weighted by Gasteiger charge is -2.27.